The number of benzene rings is 2. The van der Waals surface area contributed by atoms with Crippen LogP contribution in [0.15, 0.2) is 53.4 Å². The van der Waals surface area contributed by atoms with Crippen LogP contribution >= 0.6 is 11.6 Å². The van der Waals surface area contributed by atoms with Crippen molar-refractivity contribution in [2.75, 3.05) is 32.1 Å². The van der Waals surface area contributed by atoms with Gasteiger partial charge in [-0.25, -0.2) is 13.2 Å². The maximum absolute atomic E-state index is 12.8. The number of sulfonamides is 1. The predicted molar refractivity (Wildman–Crippen MR) is 102 cm³/mol. The van der Waals surface area contributed by atoms with Crippen LogP contribution in [-0.2, 0) is 19.6 Å². The molecule has 0 saturated carbocycles. The summed E-state index contributed by atoms with van der Waals surface area (Å²) in [5.74, 6) is -1.17. The van der Waals surface area contributed by atoms with E-state index in [2.05, 4.69) is 0 Å². The van der Waals surface area contributed by atoms with Gasteiger partial charge in [0.1, 0.15) is 0 Å². The summed E-state index contributed by atoms with van der Waals surface area (Å²) >= 11 is 5.92. The Morgan fingerprint density at radius 1 is 1.04 bits per heavy atom. The molecule has 0 atom stereocenters. The lowest BCUT2D eigenvalue weighted by Gasteiger charge is -2.20. The van der Waals surface area contributed by atoms with Crippen molar-refractivity contribution in [3.63, 3.8) is 0 Å². The van der Waals surface area contributed by atoms with Crippen LogP contribution in [0.25, 0.3) is 0 Å². The fourth-order valence-corrected chi connectivity index (χ4v) is 3.51. The van der Waals surface area contributed by atoms with E-state index in [9.17, 15) is 18.0 Å². The normalized spacial score (nSPS) is 11.0. The van der Waals surface area contributed by atoms with E-state index in [1.165, 1.54) is 56.4 Å². The smallest absolute Gasteiger partial charge is 0.338 e. The second kappa shape index (κ2) is 8.41. The molecule has 0 bridgehead atoms. The molecule has 144 valence electrons. The summed E-state index contributed by atoms with van der Waals surface area (Å²) < 4.78 is 31.7. The first-order valence-electron chi connectivity index (χ1n) is 7.85. The fraction of sp³-hybridized carbons (Fsp3) is 0.222. The van der Waals surface area contributed by atoms with Crippen LogP contribution in [0, 0.1) is 0 Å². The number of likely N-dealkylation sites (N-methyl/N-ethyl adjacent to an activating group) is 1. The number of halogens is 1. The van der Waals surface area contributed by atoms with E-state index >= 15 is 0 Å². The number of anilines is 1. The van der Waals surface area contributed by atoms with Crippen LogP contribution in [0.3, 0.4) is 0 Å². The van der Waals surface area contributed by atoms with Crippen LogP contribution < -0.4 is 4.31 Å². The summed E-state index contributed by atoms with van der Waals surface area (Å²) in [4.78, 5) is 24.8. The zero-order valence-corrected chi connectivity index (χ0v) is 16.6. The van der Waals surface area contributed by atoms with Gasteiger partial charge in [-0.1, -0.05) is 23.7 Å². The molecule has 9 heteroatoms. The Balaban J connectivity index is 2.25. The molecule has 1 amide bonds. The number of hydrogen-bond acceptors (Lipinski definition) is 5. The van der Waals surface area contributed by atoms with Gasteiger partial charge in [-0.3, -0.25) is 9.10 Å². The second-order valence-corrected chi connectivity index (χ2v) is 8.25. The fourth-order valence-electron chi connectivity index (χ4n) is 2.09. The van der Waals surface area contributed by atoms with Crippen molar-refractivity contribution >= 4 is 39.2 Å². The van der Waals surface area contributed by atoms with E-state index in [1.807, 2.05) is 0 Å². The van der Waals surface area contributed by atoms with Gasteiger partial charge in [0.2, 0.25) is 0 Å². The summed E-state index contributed by atoms with van der Waals surface area (Å²) in [6.45, 7) is -0.425. The standard InChI is InChI=1S/C18H19ClN2O5S/c1-20(2)17(22)12-26-18(23)13-6-4-9-16(10-13)27(24,25)21(3)15-8-5-7-14(19)11-15/h4-11H,12H2,1-3H3. The Bertz CT molecular complexity index is 960. The molecule has 27 heavy (non-hydrogen) atoms. The van der Waals surface area contributed by atoms with Crippen molar-refractivity contribution in [1.82, 2.24) is 4.90 Å². The highest BCUT2D eigenvalue weighted by Crippen LogP contribution is 2.25. The van der Waals surface area contributed by atoms with E-state index in [0.717, 1.165) is 4.31 Å². The van der Waals surface area contributed by atoms with Gasteiger partial charge in [-0.15, -0.1) is 0 Å². The number of carbonyl (C=O) groups is 2. The third-order valence-corrected chi connectivity index (χ3v) is 5.74. The molecule has 0 aromatic heterocycles. The summed E-state index contributed by atoms with van der Waals surface area (Å²) in [6.07, 6.45) is 0. The molecule has 0 aliphatic carbocycles. The van der Waals surface area contributed by atoms with Gasteiger partial charge in [0.05, 0.1) is 16.1 Å². The first kappa shape index (κ1) is 20.7. The number of rotatable bonds is 6. The van der Waals surface area contributed by atoms with Gasteiger partial charge in [0.15, 0.2) is 6.61 Å². The zero-order chi connectivity index (χ0) is 20.2. The summed E-state index contributed by atoms with van der Waals surface area (Å²) in [7, 11) is 0.546. The first-order valence-corrected chi connectivity index (χ1v) is 9.66. The first-order chi connectivity index (χ1) is 12.6. The lowest BCUT2D eigenvalue weighted by molar-refractivity contribution is -0.131. The minimum atomic E-state index is -3.92. The van der Waals surface area contributed by atoms with E-state index in [4.69, 9.17) is 16.3 Å². The van der Waals surface area contributed by atoms with Crippen LogP contribution in [0.5, 0.6) is 0 Å². The maximum atomic E-state index is 12.8. The van der Waals surface area contributed by atoms with Crippen molar-refractivity contribution in [2.24, 2.45) is 0 Å². The Labute approximate surface area is 163 Å². The molecule has 2 aromatic rings. The third kappa shape index (κ3) is 4.99. The van der Waals surface area contributed by atoms with Crippen LogP contribution in [0.4, 0.5) is 5.69 Å². The number of amides is 1. The SMILES string of the molecule is CN(C)C(=O)COC(=O)c1cccc(S(=O)(=O)N(C)c2cccc(Cl)c2)c1. The van der Waals surface area contributed by atoms with Crippen molar-refractivity contribution in [1.29, 1.82) is 0 Å². The number of nitrogens with zero attached hydrogens (tertiary/aromatic N) is 2. The molecule has 0 heterocycles. The molecule has 0 radical (unpaired) electrons. The number of ether oxygens (including phenoxy) is 1. The molecular weight excluding hydrogens is 392 g/mol. The van der Waals surface area contributed by atoms with Gasteiger partial charge in [0.25, 0.3) is 15.9 Å². The van der Waals surface area contributed by atoms with E-state index in [-0.39, 0.29) is 16.4 Å². The molecule has 0 unspecified atom stereocenters. The van der Waals surface area contributed by atoms with Crippen molar-refractivity contribution in [3.8, 4) is 0 Å². The lowest BCUT2D eigenvalue weighted by Crippen LogP contribution is -2.28. The quantitative estimate of drug-likeness (QED) is 0.683. The van der Waals surface area contributed by atoms with Crippen molar-refractivity contribution < 1.29 is 22.7 Å². The van der Waals surface area contributed by atoms with Gasteiger partial charge in [-0.05, 0) is 36.4 Å². The Morgan fingerprint density at radius 2 is 1.70 bits per heavy atom. The average molecular weight is 411 g/mol. The topological polar surface area (TPSA) is 84.0 Å². The summed E-state index contributed by atoms with van der Waals surface area (Å²) in [6, 6.07) is 11.8. The van der Waals surface area contributed by atoms with Gasteiger partial charge in [0, 0.05) is 26.2 Å². The van der Waals surface area contributed by atoms with Crippen LogP contribution in [0.1, 0.15) is 10.4 Å². The molecule has 0 aliphatic heterocycles. The summed E-state index contributed by atoms with van der Waals surface area (Å²) in [5.41, 5.74) is 0.411. The summed E-state index contributed by atoms with van der Waals surface area (Å²) in [5, 5.41) is 0.400. The number of esters is 1. The molecule has 0 saturated heterocycles. The minimum absolute atomic E-state index is 0.0297. The van der Waals surface area contributed by atoms with Gasteiger partial charge in [-0.2, -0.15) is 0 Å². The zero-order valence-electron chi connectivity index (χ0n) is 15.0. The molecule has 2 aromatic carbocycles. The Kier molecular flexibility index (Phi) is 6.45. The van der Waals surface area contributed by atoms with E-state index in [0.29, 0.717) is 10.7 Å². The predicted octanol–water partition coefficient (Wildman–Crippen LogP) is 2.41. The highest BCUT2D eigenvalue weighted by molar-refractivity contribution is 7.92. The molecule has 0 fully saturated rings. The molecule has 7 nitrogen and oxygen atoms in total. The van der Waals surface area contributed by atoms with E-state index < -0.39 is 22.6 Å². The second-order valence-electron chi connectivity index (χ2n) is 5.84. The number of hydrogen-bond donors (Lipinski definition) is 0. The van der Waals surface area contributed by atoms with Gasteiger partial charge < -0.3 is 9.64 Å². The highest BCUT2D eigenvalue weighted by atomic mass is 35.5. The Hall–Kier alpha value is -2.58. The number of carbonyl (C=O) groups excluding carboxylic acids is 2. The lowest BCUT2D eigenvalue weighted by atomic mass is 10.2. The molecular formula is C18H19ClN2O5S. The average Bonchev–Trinajstić information content (AvgIpc) is 2.65. The van der Waals surface area contributed by atoms with Crippen molar-refractivity contribution in [3.05, 3.63) is 59.1 Å². The molecule has 0 spiro atoms. The molecule has 0 aliphatic rings. The Morgan fingerprint density at radius 3 is 2.33 bits per heavy atom. The largest absolute Gasteiger partial charge is 0.452 e. The van der Waals surface area contributed by atoms with E-state index in [1.54, 1.807) is 18.2 Å². The van der Waals surface area contributed by atoms with Crippen LogP contribution in [0.2, 0.25) is 5.02 Å². The monoisotopic (exact) mass is 410 g/mol. The molecule has 0 N–H and O–H groups in total. The maximum Gasteiger partial charge on any atom is 0.338 e. The minimum Gasteiger partial charge on any atom is -0.452 e. The van der Waals surface area contributed by atoms with Gasteiger partial charge >= 0.3 is 5.97 Å². The highest BCUT2D eigenvalue weighted by Gasteiger charge is 2.23. The van der Waals surface area contributed by atoms with Crippen LogP contribution in [-0.4, -0.2) is 52.9 Å². The molecule has 2 rings (SSSR count). The van der Waals surface area contributed by atoms with Crippen molar-refractivity contribution in [2.45, 2.75) is 4.90 Å². The third-order valence-electron chi connectivity index (χ3n) is 3.73.